The lowest BCUT2D eigenvalue weighted by atomic mass is 10.1. The second kappa shape index (κ2) is 10.8. The lowest BCUT2D eigenvalue weighted by molar-refractivity contribution is 0.0950. The molecule has 31 heavy (non-hydrogen) atoms. The second-order valence-corrected chi connectivity index (χ2v) is 9.85. The molecule has 0 aromatic heterocycles. The third-order valence-electron chi connectivity index (χ3n) is 4.09. The van der Waals surface area contributed by atoms with E-state index in [9.17, 15) is 13.2 Å². The van der Waals surface area contributed by atoms with Gasteiger partial charge in [-0.15, -0.1) is 0 Å². The van der Waals surface area contributed by atoms with Gasteiger partial charge in [-0.25, -0.2) is 13.1 Å². The Labute approximate surface area is 189 Å². The Bertz CT molecular complexity index is 1010. The van der Waals surface area contributed by atoms with Crippen LogP contribution in [0.4, 0.5) is 0 Å². The van der Waals surface area contributed by atoms with Gasteiger partial charge >= 0.3 is 0 Å². The van der Waals surface area contributed by atoms with Crippen LogP contribution in [0.25, 0.3) is 0 Å². The summed E-state index contributed by atoms with van der Waals surface area (Å²) in [4.78, 5) is 12.6. The van der Waals surface area contributed by atoms with Crippen LogP contribution in [0.3, 0.4) is 0 Å². The van der Waals surface area contributed by atoms with E-state index < -0.39 is 10.0 Å². The van der Waals surface area contributed by atoms with Crippen LogP contribution in [0.2, 0.25) is 5.02 Å². The fourth-order valence-corrected chi connectivity index (χ4v) is 4.55. The molecule has 0 atom stereocenters. The molecule has 7 nitrogen and oxygen atoms in total. The van der Waals surface area contributed by atoms with Crippen LogP contribution in [-0.2, 0) is 22.3 Å². The molecule has 9 heteroatoms. The number of hydrogen-bond acceptors (Lipinski definition) is 5. The van der Waals surface area contributed by atoms with E-state index >= 15 is 0 Å². The van der Waals surface area contributed by atoms with Crippen molar-refractivity contribution in [3.63, 3.8) is 0 Å². The van der Waals surface area contributed by atoms with Gasteiger partial charge < -0.3 is 14.8 Å². The number of carbonyl (C=O) groups excluding carboxylic acids is 1. The summed E-state index contributed by atoms with van der Waals surface area (Å²) in [6, 6.07) is 10.00. The van der Waals surface area contributed by atoms with Gasteiger partial charge in [-0.2, -0.15) is 0 Å². The van der Waals surface area contributed by atoms with E-state index in [1.807, 2.05) is 13.8 Å². The molecule has 0 unspecified atom stereocenters. The molecule has 1 amide bonds. The van der Waals surface area contributed by atoms with Crippen LogP contribution in [0.5, 0.6) is 11.5 Å². The number of amides is 1. The predicted octanol–water partition coefficient (Wildman–Crippen LogP) is 3.89. The average molecular weight is 469 g/mol. The molecule has 0 bridgehead atoms. The molecule has 170 valence electrons. The van der Waals surface area contributed by atoms with E-state index in [1.165, 1.54) is 13.2 Å². The summed E-state index contributed by atoms with van der Waals surface area (Å²) >= 11 is 6.28. The average Bonchev–Trinajstić information content (AvgIpc) is 2.66. The molecule has 0 radical (unpaired) electrons. The fraction of sp³-hybridized carbons (Fsp3) is 0.409. The normalized spacial score (nSPS) is 11.6. The van der Waals surface area contributed by atoms with E-state index in [0.717, 1.165) is 5.56 Å². The van der Waals surface area contributed by atoms with E-state index in [4.69, 9.17) is 21.1 Å². The van der Waals surface area contributed by atoms with Crippen molar-refractivity contribution >= 4 is 27.5 Å². The summed E-state index contributed by atoms with van der Waals surface area (Å²) in [5.41, 5.74) is 1.85. The van der Waals surface area contributed by atoms with Crippen LogP contribution in [0.1, 0.15) is 49.2 Å². The van der Waals surface area contributed by atoms with Crippen molar-refractivity contribution in [1.29, 1.82) is 0 Å². The standard InChI is InChI=1S/C22H29ClN2O5S/c1-14(2)25-31(27,28)13-17-8-6-16(7-9-17)12-24-22(26)18-10-19(23)21(30-15(3)4)20(11-18)29-5/h6-11,14-15,25H,12-13H2,1-5H3,(H,24,26). The molecule has 2 aromatic rings. The van der Waals surface area contributed by atoms with Crippen molar-refractivity contribution in [1.82, 2.24) is 10.0 Å². The van der Waals surface area contributed by atoms with Gasteiger partial charge in [-0.1, -0.05) is 35.9 Å². The topological polar surface area (TPSA) is 93.7 Å². The van der Waals surface area contributed by atoms with Crippen molar-refractivity contribution in [2.45, 2.75) is 52.1 Å². The summed E-state index contributed by atoms with van der Waals surface area (Å²) in [7, 11) is -1.90. The lowest BCUT2D eigenvalue weighted by Crippen LogP contribution is -2.31. The number of carbonyl (C=O) groups is 1. The number of halogens is 1. The molecule has 0 aliphatic rings. The van der Waals surface area contributed by atoms with Crippen molar-refractivity contribution < 1.29 is 22.7 Å². The molecule has 0 aliphatic heterocycles. The van der Waals surface area contributed by atoms with Crippen LogP contribution in [0, 0.1) is 0 Å². The fourth-order valence-electron chi connectivity index (χ4n) is 2.86. The third-order valence-corrected chi connectivity index (χ3v) is 5.92. The summed E-state index contributed by atoms with van der Waals surface area (Å²) in [6.45, 7) is 7.57. The smallest absolute Gasteiger partial charge is 0.251 e. The first-order chi connectivity index (χ1) is 14.5. The van der Waals surface area contributed by atoms with Gasteiger partial charge in [-0.3, -0.25) is 4.79 Å². The van der Waals surface area contributed by atoms with E-state index in [1.54, 1.807) is 44.2 Å². The van der Waals surface area contributed by atoms with Gasteiger partial charge in [-0.05, 0) is 51.0 Å². The van der Waals surface area contributed by atoms with Crippen LogP contribution < -0.4 is 19.5 Å². The number of benzene rings is 2. The maximum atomic E-state index is 12.6. The maximum Gasteiger partial charge on any atom is 0.251 e. The quantitative estimate of drug-likeness (QED) is 0.551. The molecular formula is C22H29ClN2O5S. The SMILES string of the molecule is COc1cc(C(=O)NCc2ccc(CS(=O)(=O)NC(C)C)cc2)cc(Cl)c1OC(C)C. The Hall–Kier alpha value is -2.29. The van der Waals surface area contributed by atoms with Crippen molar-refractivity contribution in [2.75, 3.05) is 7.11 Å². The third kappa shape index (κ3) is 7.72. The van der Waals surface area contributed by atoms with E-state index in [-0.39, 0.29) is 30.4 Å². The van der Waals surface area contributed by atoms with Crippen molar-refractivity contribution in [3.05, 3.63) is 58.1 Å². The van der Waals surface area contributed by atoms with Crippen molar-refractivity contribution in [3.8, 4) is 11.5 Å². The highest BCUT2D eigenvalue weighted by atomic mass is 35.5. The zero-order chi connectivity index (χ0) is 23.2. The Balaban J connectivity index is 2.03. The zero-order valence-corrected chi connectivity index (χ0v) is 19.9. The van der Waals surface area contributed by atoms with Crippen LogP contribution in [0.15, 0.2) is 36.4 Å². The number of methoxy groups -OCH3 is 1. The summed E-state index contributed by atoms with van der Waals surface area (Å²) in [5.74, 6) is 0.366. The first-order valence-electron chi connectivity index (χ1n) is 9.91. The number of sulfonamides is 1. The first-order valence-corrected chi connectivity index (χ1v) is 11.9. The molecule has 0 saturated carbocycles. The minimum atomic E-state index is -3.38. The molecular weight excluding hydrogens is 440 g/mol. The molecule has 0 spiro atoms. The van der Waals surface area contributed by atoms with Gasteiger partial charge in [0.2, 0.25) is 10.0 Å². The lowest BCUT2D eigenvalue weighted by Gasteiger charge is -2.16. The highest BCUT2D eigenvalue weighted by Gasteiger charge is 2.17. The number of rotatable bonds is 10. The summed E-state index contributed by atoms with van der Waals surface area (Å²) < 4.78 is 37.6. The molecule has 0 aliphatic carbocycles. The van der Waals surface area contributed by atoms with Gasteiger partial charge in [0.1, 0.15) is 0 Å². The van der Waals surface area contributed by atoms with E-state index in [0.29, 0.717) is 27.6 Å². The number of hydrogen-bond donors (Lipinski definition) is 2. The Morgan fingerprint density at radius 3 is 2.23 bits per heavy atom. The van der Waals surface area contributed by atoms with Gasteiger partial charge in [0, 0.05) is 18.2 Å². The van der Waals surface area contributed by atoms with E-state index in [2.05, 4.69) is 10.0 Å². The molecule has 0 fully saturated rings. The Morgan fingerprint density at radius 1 is 1.06 bits per heavy atom. The molecule has 2 rings (SSSR count). The molecule has 2 aromatic carbocycles. The number of ether oxygens (including phenoxy) is 2. The Kier molecular flexibility index (Phi) is 8.73. The highest BCUT2D eigenvalue weighted by Crippen LogP contribution is 2.37. The highest BCUT2D eigenvalue weighted by molar-refractivity contribution is 7.88. The maximum absolute atomic E-state index is 12.6. The molecule has 0 heterocycles. The van der Waals surface area contributed by atoms with Gasteiger partial charge in [0.05, 0.1) is 24.0 Å². The van der Waals surface area contributed by atoms with Crippen molar-refractivity contribution in [2.24, 2.45) is 0 Å². The zero-order valence-electron chi connectivity index (χ0n) is 18.4. The Morgan fingerprint density at radius 2 is 1.68 bits per heavy atom. The first kappa shape index (κ1) is 25.0. The van der Waals surface area contributed by atoms with Gasteiger partial charge in [0.25, 0.3) is 5.91 Å². The minimum absolute atomic E-state index is 0.0924. The summed E-state index contributed by atoms with van der Waals surface area (Å²) in [6.07, 6.45) is -0.0924. The largest absolute Gasteiger partial charge is 0.493 e. The second-order valence-electron chi connectivity index (χ2n) is 7.69. The molecule has 0 saturated heterocycles. The van der Waals surface area contributed by atoms with Crippen LogP contribution in [-0.4, -0.2) is 33.6 Å². The predicted molar refractivity (Wildman–Crippen MR) is 122 cm³/mol. The summed E-state index contributed by atoms with van der Waals surface area (Å²) in [5, 5.41) is 3.11. The van der Waals surface area contributed by atoms with Gasteiger partial charge in [0.15, 0.2) is 11.5 Å². The monoisotopic (exact) mass is 468 g/mol. The number of nitrogens with one attached hydrogen (secondary N) is 2. The van der Waals surface area contributed by atoms with Crippen LogP contribution >= 0.6 is 11.6 Å². The minimum Gasteiger partial charge on any atom is -0.493 e. The molecule has 2 N–H and O–H groups in total.